The average molecular weight is 482 g/mol. The fraction of sp³-hybridized carbons (Fsp3) is 0.348. The van der Waals surface area contributed by atoms with Crippen molar-refractivity contribution in [2.75, 3.05) is 31.7 Å². The van der Waals surface area contributed by atoms with Gasteiger partial charge in [0.1, 0.15) is 17.8 Å². The number of benzene rings is 1. The Morgan fingerprint density at radius 2 is 2.06 bits per heavy atom. The normalized spacial score (nSPS) is 21.5. The summed E-state index contributed by atoms with van der Waals surface area (Å²) in [7, 11) is -3.88. The van der Waals surface area contributed by atoms with Gasteiger partial charge >= 0.3 is 0 Å². The van der Waals surface area contributed by atoms with Gasteiger partial charge in [-0.15, -0.1) is 0 Å². The van der Waals surface area contributed by atoms with Gasteiger partial charge in [0.25, 0.3) is 10.0 Å². The third-order valence-electron chi connectivity index (χ3n) is 6.60. The van der Waals surface area contributed by atoms with E-state index >= 15 is 0 Å². The predicted octanol–water partition coefficient (Wildman–Crippen LogP) is 1.52. The SMILES string of the molecule is O=C(N1Cc2cn(S(=O)(=O)c3ccc4c(c3)NCCO4)nc2C1)[C@@]1(c2ccccn2)CCOC1. The molecular formula is C23H23N5O5S. The lowest BCUT2D eigenvalue weighted by Crippen LogP contribution is -2.46. The van der Waals surface area contributed by atoms with Crippen LogP contribution >= 0.6 is 0 Å². The third-order valence-corrected chi connectivity index (χ3v) is 8.13. The number of fused-ring (bicyclic) bond motifs is 2. The van der Waals surface area contributed by atoms with E-state index in [0.29, 0.717) is 54.6 Å². The van der Waals surface area contributed by atoms with Crippen molar-refractivity contribution in [3.63, 3.8) is 0 Å². The zero-order valence-corrected chi connectivity index (χ0v) is 19.1. The summed E-state index contributed by atoms with van der Waals surface area (Å²) in [6.07, 6.45) is 3.74. The Labute approximate surface area is 196 Å². The van der Waals surface area contributed by atoms with Gasteiger partial charge in [0.15, 0.2) is 0 Å². The molecule has 3 aliphatic rings. The molecule has 1 amide bonds. The highest BCUT2D eigenvalue weighted by Gasteiger charge is 2.48. The molecule has 3 aliphatic heterocycles. The number of ether oxygens (including phenoxy) is 2. The number of nitrogens with one attached hydrogen (secondary N) is 1. The molecule has 10 nitrogen and oxygen atoms in total. The lowest BCUT2D eigenvalue weighted by Gasteiger charge is -2.30. The number of hydrogen-bond donors (Lipinski definition) is 1. The van der Waals surface area contributed by atoms with Crippen LogP contribution in [0.1, 0.15) is 23.4 Å². The molecule has 11 heteroatoms. The molecule has 0 unspecified atom stereocenters. The second-order valence-electron chi connectivity index (χ2n) is 8.67. The van der Waals surface area contributed by atoms with E-state index < -0.39 is 15.4 Å². The van der Waals surface area contributed by atoms with Gasteiger partial charge < -0.3 is 19.7 Å². The van der Waals surface area contributed by atoms with E-state index in [9.17, 15) is 13.2 Å². The number of anilines is 1. The minimum absolute atomic E-state index is 0.0723. The molecule has 34 heavy (non-hydrogen) atoms. The van der Waals surface area contributed by atoms with Crippen LogP contribution in [-0.4, -0.2) is 59.8 Å². The van der Waals surface area contributed by atoms with E-state index in [1.54, 1.807) is 23.2 Å². The summed E-state index contributed by atoms with van der Waals surface area (Å²) >= 11 is 0. The van der Waals surface area contributed by atoms with E-state index in [1.165, 1.54) is 12.3 Å². The van der Waals surface area contributed by atoms with Gasteiger partial charge in [-0.05, 0) is 36.8 Å². The van der Waals surface area contributed by atoms with Crippen molar-refractivity contribution in [3.05, 3.63) is 65.7 Å². The number of amides is 1. The summed E-state index contributed by atoms with van der Waals surface area (Å²) in [4.78, 5) is 19.9. The fourth-order valence-electron chi connectivity index (χ4n) is 4.78. The van der Waals surface area contributed by atoms with Crippen molar-refractivity contribution in [2.24, 2.45) is 0 Å². The molecule has 0 aliphatic carbocycles. The van der Waals surface area contributed by atoms with Crippen LogP contribution < -0.4 is 10.1 Å². The van der Waals surface area contributed by atoms with Crippen LogP contribution in [-0.2, 0) is 38.1 Å². The lowest BCUT2D eigenvalue weighted by atomic mass is 9.81. The van der Waals surface area contributed by atoms with E-state index in [4.69, 9.17) is 9.47 Å². The van der Waals surface area contributed by atoms with Crippen molar-refractivity contribution in [3.8, 4) is 5.75 Å². The molecule has 1 N–H and O–H groups in total. The van der Waals surface area contributed by atoms with Gasteiger partial charge in [0, 0.05) is 37.7 Å². The van der Waals surface area contributed by atoms with Crippen molar-refractivity contribution in [1.29, 1.82) is 0 Å². The van der Waals surface area contributed by atoms with Gasteiger partial charge in [-0.3, -0.25) is 9.78 Å². The summed E-state index contributed by atoms with van der Waals surface area (Å²) in [6, 6.07) is 10.3. The standard InChI is InChI=1S/C23H23N5O5S/c29-22(23(6-9-32-15-23)21-3-1-2-7-25-21)27-12-16-13-28(26-19(16)14-27)34(30,31)17-4-5-20-18(11-17)24-8-10-33-20/h1-5,7,11,13,24H,6,8-10,12,14-15H2/t23-/m0/s1. The van der Waals surface area contributed by atoms with E-state index in [1.807, 2.05) is 18.2 Å². The molecule has 3 aromatic rings. The maximum atomic E-state index is 13.6. The summed E-state index contributed by atoms with van der Waals surface area (Å²) in [5.74, 6) is 0.553. The summed E-state index contributed by atoms with van der Waals surface area (Å²) < 4.78 is 38.6. The number of nitrogens with zero attached hydrogens (tertiary/aromatic N) is 4. The monoisotopic (exact) mass is 481 g/mol. The minimum Gasteiger partial charge on any atom is -0.490 e. The molecular weight excluding hydrogens is 458 g/mol. The number of aromatic nitrogens is 3. The molecule has 1 atom stereocenters. The Bertz CT molecular complexity index is 1340. The molecule has 6 rings (SSSR count). The number of carbonyl (C=O) groups excluding carboxylic acids is 1. The molecule has 2 aromatic heterocycles. The van der Waals surface area contributed by atoms with E-state index in [0.717, 1.165) is 4.09 Å². The number of pyridine rings is 1. The van der Waals surface area contributed by atoms with Crippen LogP contribution in [0.4, 0.5) is 5.69 Å². The first-order valence-electron chi connectivity index (χ1n) is 11.1. The largest absolute Gasteiger partial charge is 0.490 e. The zero-order valence-electron chi connectivity index (χ0n) is 18.3. The molecule has 0 saturated carbocycles. The van der Waals surface area contributed by atoms with Gasteiger partial charge in [-0.1, -0.05) is 6.07 Å². The summed E-state index contributed by atoms with van der Waals surface area (Å²) in [5.41, 5.74) is 1.80. The molecule has 0 spiro atoms. The number of hydrogen-bond acceptors (Lipinski definition) is 8. The highest BCUT2D eigenvalue weighted by atomic mass is 32.2. The highest BCUT2D eigenvalue weighted by molar-refractivity contribution is 7.89. The first-order valence-corrected chi connectivity index (χ1v) is 12.5. The predicted molar refractivity (Wildman–Crippen MR) is 121 cm³/mol. The molecule has 176 valence electrons. The zero-order chi connectivity index (χ0) is 23.3. The molecule has 1 saturated heterocycles. The van der Waals surface area contributed by atoms with Crippen LogP contribution in [0.3, 0.4) is 0 Å². The minimum atomic E-state index is -3.88. The molecule has 0 bridgehead atoms. The number of carbonyl (C=O) groups is 1. The van der Waals surface area contributed by atoms with Crippen molar-refractivity contribution in [1.82, 2.24) is 19.1 Å². The molecule has 1 fully saturated rings. The van der Waals surface area contributed by atoms with Crippen LogP contribution in [0.15, 0.2) is 53.7 Å². The van der Waals surface area contributed by atoms with Gasteiger partial charge in [0.05, 0.1) is 35.1 Å². The average Bonchev–Trinajstić information content (AvgIpc) is 3.60. The van der Waals surface area contributed by atoms with Crippen molar-refractivity contribution < 1.29 is 22.7 Å². The van der Waals surface area contributed by atoms with Crippen molar-refractivity contribution in [2.45, 2.75) is 29.8 Å². The molecule has 0 radical (unpaired) electrons. The van der Waals surface area contributed by atoms with Crippen LogP contribution in [0.25, 0.3) is 0 Å². The van der Waals surface area contributed by atoms with Crippen molar-refractivity contribution >= 4 is 21.6 Å². The Kier molecular flexibility index (Phi) is 4.85. The van der Waals surface area contributed by atoms with Gasteiger partial charge in [-0.2, -0.15) is 17.6 Å². The van der Waals surface area contributed by atoms with Crippen LogP contribution in [0.5, 0.6) is 5.75 Å². The van der Waals surface area contributed by atoms with Gasteiger partial charge in [-0.25, -0.2) is 0 Å². The summed E-state index contributed by atoms with van der Waals surface area (Å²) in [5, 5.41) is 7.49. The van der Waals surface area contributed by atoms with E-state index in [-0.39, 0.29) is 30.5 Å². The highest BCUT2D eigenvalue weighted by Crippen LogP contribution is 2.37. The quantitative estimate of drug-likeness (QED) is 0.596. The fourth-order valence-corrected chi connectivity index (χ4v) is 5.97. The first kappa shape index (κ1) is 21.1. The van der Waals surface area contributed by atoms with E-state index in [2.05, 4.69) is 15.4 Å². The van der Waals surface area contributed by atoms with Crippen LogP contribution in [0.2, 0.25) is 0 Å². The topological polar surface area (TPSA) is 116 Å². The maximum absolute atomic E-state index is 13.6. The third kappa shape index (κ3) is 3.26. The second-order valence-corrected chi connectivity index (χ2v) is 10.5. The number of rotatable bonds is 4. The first-order chi connectivity index (χ1) is 16.5. The Hall–Kier alpha value is -3.44. The maximum Gasteiger partial charge on any atom is 0.283 e. The Balaban J connectivity index is 1.25. The van der Waals surface area contributed by atoms with Crippen LogP contribution in [0, 0.1) is 0 Å². The molecule has 5 heterocycles. The summed E-state index contributed by atoms with van der Waals surface area (Å²) in [6.45, 7) is 2.45. The van der Waals surface area contributed by atoms with Gasteiger partial charge in [0.2, 0.25) is 5.91 Å². The second kappa shape index (κ2) is 7.81. The lowest BCUT2D eigenvalue weighted by molar-refractivity contribution is -0.138. The smallest absolute Gasteiger partial charge is 0.283 e. The Morgan fingerprint density at radius 3 is 2.82 bits per heavy atom. The molecule has 1 aromatic carbocycles. The Morgan fingerprint density at radius 1 is 1.15 bits per heavy atom.